The van der Waals surface area contributed by atoms with Gasteiger partial charge in [-0.3, -0.25) is 4.90 Å². The summed E-state index contributed by atoms with van der Waals surface area (Å²) in [6.45, 7) is 5.32. The highest BCUT2D eigenvalue weighted by Crippen LogP contribution is 2.49. The first kappa shape index (κ1) is 21.3. The molecule has 2 aromatic carbocycles. The van der Waals surface area contributed by atoms with Crippen LogP contribution in [0.3, 0.4) is 0 Å². The Morgan fingerprint density at radius 3 is 2.90 bits per heavy atom. The number of hydrogen-bond acceptors (Lipinski definition) is 5. The van der Waals surface area contributed by atoms with Gasteiger partial charge in [-0.1, -0.05) is 54.6 Å². The third-order valence-corrected chi connectivity index (χ3v) is 7.24. The van der Waals surface area contributed by atoms with Gasteiger partial charge in [0.05, 0.1) is 16.4 Å². The van der Waals surface area contributed by atoms with Crippen LogP contribution in [-0.2, 0) is 6.54 Å². The van der Waals surface area contributed by atoms with Gasteiger partial charge in [0, 0.05) is 24.0 Å². The molecule has 0 spiro atoms. The summed E-state index contributed by atoms with van der Waals surface area (Å²) in [5, 5.41) is 6.82. The summed E-state index contributed by atoms with van der Waals surface area (Å²) >= 11 is 8.20. The van der Waals surface area contributed by atoms with Crippen molar-refractivity contribution in [3.63, 3.8) is 0 Å². The molecule has 2 aliphatic rings. The molecule has 1 fully saturated rings. The summed E-state index contributed by atoms with van der Waals surface area (Å²) in [5.74, 6) is 0. The van der Waals surface area contributed by atoms with E-state index in [1.165, 1.54) is 6.42 Å². The number of rotatable bonds is 6. The predicted molar refractivity (Wildman–Crippen MR) is 124 cm³/mol. The van der Waals surface area contributed by atoms with Gasteiger partial charge < -0.3 is 21.3 Å². The van der Waals surface area contributed by atoms with Gasteiger partial charge in [-0.2, -0.15) is 0 Å². The fraction of sp³-hybridized carbons (Fsp3) is 0.409. The molecular weight excluding hydrogens is 418 g/mol. The molecule has 30 heavy (non-hydrogen) atoms. The normalized spacial score (nSPS) is 21.0. The molecule has 2 unspecified atom stereocenters. The number of nitrogens with zero attached hydrogens (tertiary/aromatic N) is 2. The second kappa shape index (κ2) is 9.47. The van der Waals surface area contributed by atoms with Crippen molar-refractivity contribution in [1.82, 2.24) is 15.5 Å². The van der Waals surface area contributed by atoms with Crippen molar-refractivity contribution in [2.45, 2.75) is 42.7 Å². The van der Waals surface area contributed by atoms with Crippen LogP contribution in [0.5, 0.6) is 0 Å². The van der Waals surface area contributed by atoms with Crippen molar-refractivity contribution in [2.24, 2.45) is 5.73 Å². The highest BCUT2D eigenvalue weighted by molar-refractivity contribution is 8.00. The number of fused-ring (bicyclic) bond motifs is 1. The number of benzene rings is 2. The van der Waals surface area contributed by atoms with Gasteiger partial charge in [0.1, 0.15) is 0 Å². The van der Waals surface area contributed by atoms with E-state index in [2.05, 4.69) is 33.4 Å². The molecule has 0 saturated carbocycles. The van der Waals surface area contributed by atoms with Crippen molar-refractivity contribution >= 4 is 40.8 Å². The Hall–Kier alpha value is -1.93. The Morgan fingerprint density at radius 1 is 1.27 bits per heavy atom. The lowest BCUT2D eigenvalue weighted by molar-refractivity contribution is 0.228. The van der Waals surface area contributed by atoms with Crippen LogP contribution < -0.4 is 21.3 Å². The van der Waals surface area contributed by atoms with Crippen LogP contribution >= 0.6 is 23.4 Å². The van der Waals surface area contributed by atoms with E-state index in [4.69, 9.17) is 17.3 Å². The lowest BCUT2D eigenvalue weighted by Crippen LogP contribution is -2.49. The first-order chi connectivity index (χ1) is 14.6. The number of anilines is 2. The van der Waals surface area contributed by atoms with E-state index in [0.29, 0.717) is 24.2 Å². The quantitative estimate of drug-likeness (QED) is 0.624. The van der Waals surface area contributed by atoms with E-state index in [9.17, 15) is 4.79 Å². The zero-order valence-corrected chi connectivity index (χ0v) is 18.7. The minimum Gasteiger partial charge on any atom is -0.337 e. The van der Waals surface area contributed by atoms with Gasteiger partial charge in [-0.05, 0) is 49.7 Å². The lowest BCUT2D eigenvalue weighted by Gasteiger charge is -2.30. The minimum atomic E-state index is -0.307. The number of likely N-dealkylation sites (tertiary alicyclic amines) is 1. The summed E-state index contributed by atoms with van der Waals surface area (Å²) in [6.07, 6.45) is 2.32. The van der Waals surface area contributed by atoms with Gasteiger partial charge in [-0.15, -0.1) is 0 Å². The number of carbonyl (C=O) groups excluding carboxylic acids is 1. The van der Waals surface area contributed by atoms with Crippen LogP contribution in [0.15, 0.2) is 47.4 Å². The van der Waals surface area contributed by atoms with Gasteiger partial charge >= 0.3 is 6.03 Å². The molecule has 0 aliphatic carbocycles. The number of para-hydroxylation sites is 2. The average Bonchev–Trinajstić information content (AvgIpc) is 3.35. The SMILES string of the molecule is CCN1CCCC1CNC(=O)NC1Sc2ccccc2N1c1c(Cl)cccc1CN. The van der Waals surface area contributed by atoms with E-state index in [0.717, 1.165) is 41.3 Å². The number of thioether (sulfide) groups is 1. The number of likely N-dealkylation sites (N-methyl/N-ethyl adjacent to an activating group) is 1. The monoisotopic (exact) mass is 445 g/mol. The number of amides is 2. The molecular formula is C22H28ClN5OS. The van der Waals surface area contributed by atoms with Crippen molar-refractivity contribution in [2.75, 3.05) is 24.5 Å². The Kier molecular flexibility index (Phi) is 6.73. The first-order valence-electron chi connectivity index (χ1n) is 10.4. The van der Waals surface area contributed by atoms with Gasteiger partial charge in [-0.25, -0.2) is 4.79 Å². The van der Waals surface area contributed by atoms with Gasteiger partial charge in [0.2, 0.25) is 0 Å². The third kappa shape index (κ3) is 4.25. The minimum absolute atomic E-state index is 0.172. The van der Waals surface area contributed by atoms with Crippen molar-refractivity contribution in [3.8, 4) is 0 Å². The number of urea groups is 1. The largest absolute Gasteiger partial charge is 0.337 e. The molecule has 2 amide bonds. The third-order valence-electron chi connectivity index (χ3n) is 5.79. The van der Waals surface area contributed by atoms with Gasteiger partial charge in [0.25, 0.3) is 0 Å². The second-order valence-corrected chi connectivity index (χ2v) is 9.07. The van der Waals surface area contributed by atoms with E-state index < -0.39 is 0 Å². The maximum absolute atomic E-state index is 12.8. The Labute approximate surface area is 187 Å². The second-order valence-electron chi connectivity index (χ2n) is 7.54. The summed E-state index contributed by atoms with van der Waals surface area (Å²) in [5.41, 5.74) is 8.50. The van der Waals surface area contributed by atoms with Crippen molar-refractivity contribution < 1.29 is 4.79 Å². The Bertz CT molecular complexity index is 911. The van der Waals surface area contributed by atoms with E-state index >= 15 is 0 Å². The van der Waals surface area contributed by atoms with Crippen molar-refractivity contribution in [3.05, 3.63) is 53.1 Å². The van der Waals surface area contributed by atoms with Crippen molar-refractivity contribution in [1.29, 1.82) is 0 Å². The smallest absolute Gasteiger partial charge is 0.317 e. The molecule has 160 valence electrons. The van der Waals surface area contributed by atoms with Gasteiger partial charge in [0.15, 0.2) is 5.50 Å². The van der Waals surface area contributed by atoms with E-state index in [1.807, 2.05) is 36.4 Å². The maximum atomic E-state index is 12.8. The summed E-state index contributed by atoms with van der Waals surface area (Å²) < 4.78 is 0. The number of halogens is 1. The maximum Gasteiger partial charge on any atom is 0.317 e. The molecule has 2 atom stereocenters. The summed E-state index contributed by atoms with van der Waals surface area (Å²) in [7, 11) is 0. The molecule has 4 N–H and O–H groups in total. The Morgan fingerprint density at radius 2 is 2.10 bits per heavy atom. The van der Waals surface area contributed by atoms with E-state index in [1.54, 1.807) is 11.8 Å². The number of hydrogen-bond donors (Lipinski definition) is 3. The van der Waals surface area contributed by atoms with Crippen LogP contribution in [0.25, 0.3) is 0 Å². The first-order valence-corrected chi connectivity index (χ1v) is 11.7. The zero-order valence-electron chi connectivity index (χ0n) is 17.1. The predicted octanol–water partition coefficient (Wildman–Crippen LogP) is 4.11. The molecule has 2 aliphatic heterocycles. The van der Waals surface area contributed by atoms with Crippen LogP contribution in [0.4, 0.5) is 16.2 Å². The number of nitrogens with two attached hydrogens (primary N) is 1. The van der Waals surface area contributed by atoms with Crippen LogP contribution in [-0.4, -0.2) is 42.1 Å². The molecule has 8 heteroatoms. The van der Waals surface area contributed by atoms with Crippen LogP contribution in [0.2, 0.25) is 5.02 Å². The number of carbonyl (C=O) groups is 1. The van der Waals surface area contributed by atoms with Crippen LogP contribution in [0, 0.1) is 0 Å². The highest BCUT2D eigenvalue weighted by Gasteiger charge is 2.34. The highest BCUT2D eigenvalue weighted by atomic mass is 35.5. The molecule has 2 heterocycles. The molecule has 2 aromatic rings. The molecule has 1 saturated heterocycles. The molecule has 0 radical (unpaired) electrons. The zero-order chi connectivity index (χ0) is 21.1. The Balaban J connectivity index is 1.53. The standard InChI is InChI=1S/C22H28ClN5OS/c1-2-27-12-6-8-16(27)14-25-21(29)26-22-28(18-10-3-4-11-19(18)30-22)20-15(13-24)7-5-9-17(20)23/h3-5,7,9-11,16,22H,2,6,8,12-14,24H2,1H3,(H2,25,26,29). The summed E-state index contributed by atoms with van der Waals surface area (Å²) in [4.78, 5) is 18.4. The van der Waals surface area contributed by atoms with Crippen LogP contribution in [0.1, 0.15) is 25.3 Å². The molecule has 4 rings (SSSR count). The lowest BCUT2D eigenvalue weighted by atomic mass is 10.1. The molecule has 6 nitrogen and oxygen atoms in total. The fourth-order valence-electron chi connectivity index (χ4n) is 4.30. The molecule has 0 bridgehead atoms. The average molecular weight is 446 g/mol. The fourth-order valence-corrected chi connectivity index (χ4v) is 5.76. The summed E-state index contributed by atoms with van der Waals surface area (Å²) in [6, 6.07) is 14.1. The molecule has 0 aromatic heterocycles. The topological polar surface area (TPSA) is 73.6 Å². The number of nitrogens with one attached hydrogen (secondary N) is 2. The van der Waals surface area contributed by atoms with E-state index in [-0.39, 0.29) is 11.5 Å².